The molecule has 0 atom stereocenters. The van der Waals surface area contributed by atoms with Gasteiger partial charge in [-0.25, -0.2) is 4.39 Å². The van der Waals surface area contributed by atoms with Gasteiger partial charge in [0.25, 0.3) is 5.91 Å². The van der Waals surface area contributed by atoms with Gasteiger partial charge in [-0.3, -0.25) is 4.79 Å². The third-order valence-corrected chi connectivity index (χ3v) is 3.21. The van der Waals surface area contributed by atoms with Crippen molar-refractivity contribution in [2.75, 3.05) is 18.5 Å². The molecule has 2 aromatic rings. The topological polar surface area (TPSA) is 47.6 Å². The molecule has 0 radical (unpaired) electrons. The molecule has 0 spiro atoms. The van der Waals surface area contributed by atoms with Crippen LogP contribution in [0, 0.1) is 5.82 Å². The summed E-state index contributed by atoms with van der Waals surface area (Å²) in [7, 11) is 0. The second kappa shape index (κ2) is 8.55. The van der Waals surface area contributed by atoms with Gasteiger partial charge in [-0.05, 0) is 36.8 Å². The molecule has 0 unspecified atom stereocenters. The number of ether oxygens (including phenoxy) is 2. The van der Waals surface area contributed by atoms with Crippen molar-refractivity contribution in [2.24, 2.45) is 0 Å². The highest BCUT2D eigenvalue weighted by atomic mass is 19.4. The van der Waals surface area contributed by atoms with Crippen LogP contribution in [0.5, 0.6) is 11.5 Å². The van der Waals surface area contributed by atoms with Crippen LogP contribution >= 0.6 is 0 Å². The maximum Gasteiger partial charge on any atom is 0.416 e. The number of benzene rings is 2. The Morgan fingerprint density at radius 1 is 1.12 bits per heavy atom. The molecule has 0 saturated heterocycles. The van der Waals surface area contributed by atoms with Crippen molar-refractivity contribution in [3.63, 3.8) is 0 Å². The summed E-state index contributed by atoms with van der Waals surface area (Å²) in [4.78, 5) is 12.0. The highest BCUT2D eigenvalue weighted by molar-refractivity contribution is 5.93. The molecule has 2 aromatic carbocycles. The average molecular weight is 371 g/mol. The lowest BCUT2D eigenvalue weighted by atomic mass is 10.1. The van der Waals surface area contributed by atoms with Gasteiger partial charge in [-0.1, -0.05) is 13.0 Å². The highest BCUT2D eigenvalue weighted by Crippen LogP contribution is 2.35. The predicted molar refractivity (Wildman–Crippen MR) is 87.8 cm³/mol. The lowest BCUT2D eigenvalue weighted by Crippen LogP contribution is -2.21. The monoisotopic (exact) mass is 371 g/mol. The summed E-state index contributed by atoms with van der Waals surface area (Å²) in [6, 6.07) is 8.00. The second-order valence-electron chi connectivity index (χ2n) is 5.35. The van der Waals surface area contributed by atoms with Crippen molar-refractivity contribution < 1.29 is 31.8 Å². The summed E-state index contributed by atoms with van der Waals surface area (Å²) in [5, 5.41) is 2.33. The molecule has 0 aliphatic heterocycles. The van der Waals surface area contributed by atoms with Crippen LogP contribution in [0.1, 0.15) is 18.9 Å². The van der Waals surface area contributed by atoms with E-state index in [9.17, 15) is 22.4 Å². The fraction of sp³-hybridized carbons (Fsp3) is 0.278. The van der Waals surface area contributed by atoms with Gasteiger partial charge in [0.05, 0.1) is 17.9 Å². The van der Waals surface area contributed by atoms with Crippen LogP contribution in [-0.2, 0) is 11.0 Å². The maximum atomic E-state index is 13.1. The Bertz CT molecular complexity index is 762. The van der Waals surface area contributed by atoms with Crippen LogP contribution in [0.15, 0.2) is 42.5 Å². The molecule has 0 fully saturated rings. The van der Waals surface area contributed by atoms with Gasteiger partial charge in [0.1, 0.15) is 17.3 Å². The molecular formula is C18H17F4NO3. The molecule has 26 heavy (non-hydrogen) atoms. The lowest BCUT2D eigenvalue weighted by molar-refractivity contribution is -0.137. The first-order chi connectivity index (χ1) is 12.3. The van der Waals surface area contributed by atoms with E-state index >= 15 is 0 Å². The van der Waals surface area contributed by atoms with Gasteiger partial charge >= 0.3 is 6.18 Å². The van der Waals surface area contributed by atoms with E-state index in [1.165, 1.54) is 18.2 Å². The second-order valence-corrected chi connectivity index (χ2v) is 5.35. The first-order valence-electron chi connectivity index (χ1n) is 7.82. The van der Waals surface area contributed by atoms with Crippen LogP contribution in [-0.4, -0.2) is 19.1 Å². The molecule has 4 nitrogen and oxygen atoms in total. The Labute approximate surface area is 147 Å². The van der Waals surface area contributed by atoms with Gasteiger partial charge in [0.2, 0.25) is 0 Å². The summed E-state index contributed by atoms with van der Waals surface area (Å²) in [5.74, 6) is -0.975. The van der Waals surface area contributed by atoms with E-state index in [2.05, 4.69) is 5.32 Å². The van der Waals surface area contributed by atoms with Gasteiger partial charge in [0, 0.05) is 6.07 Å². The lowest BCUT2D eigenvalue weighted by Gasteiger charge is -2.15. The number of anilines is 1. The quantitative estimate of drug-likeness (QED) is 0.721. The van der Waals surface area contributed by atoms with Gasteiger partial charge in [-0.2, -0.15) is 13.2 Å². The molecule has 0 heterocycles. The van der Waals surface area contributed by atoms with Crippen molar-refractivity contribution in [3.05, 3.63) is 53.8 Å². The van der Waals surface area contributed by atoms with Crippen molar-refractivity contribution in [1.29, 1.82) is 0 Å². The number of hydrogen-bond acceptors (Lipinski definition) is 3. The fourth-order valence-electron chi connectivity index (χ4n) is 2.03. The molecule has 1 amide bonds. The van der Waals surface area contributed by atoms with E-state index in [1.807, 2.05) is 6.92 Å². The van der Waals surface area contributed by atoms with Gasteiger partial charge in [-0.15, -0.1) is 0 Å². The van der Waals surface area contributed by atoms with Gasteiger partial charge < -0.3 is 14.8 Å². The third-order valence-electron chi connectivity index (χ3n) is 3.21. The standard InChI is InChI=1S/C18H17F4NO3/c1-2-8-25-16-7-6-12(18(20,21)22)9-15(16)23-17(24)11-26-14-5-3-4-13(19)10-14/h3-7,9-10H,2,8,11H2,1H3,(H,23,24). The first-order valence-corrected chi connectivity index (χ1v) is 7.82. The molecule has 2 rings (SSSR count). The fourth-order valence-corrected chi connectivity index (χ4v) is 2.03. The Hall–Kier alpha value is -2.77. The zero-order chi connectivity index (χ0) is 19.2. The summed E-state index contributed by atoms with van der Waals surface area (Å²) < 4.78 is 62.2. The number of amides is 1. The molecular weight excluding hydrogens is 354 g/mol. The average Bonchev–Trinajstić information content (AvgIpc) is 2.58. The molecule has 140 valence electrons. The Balaban J connectivity index is 2.10. The number of halogens is 4. The Morgan fingerprint density at radius 3 is 2.54 bits per heavy atom. The molecule has 0 aromatic heterocycles. The summed E-state index contributed by atoms with van der Waals surface area (Å²) in [6.07, 6.45) is -3.90. The number of carbonyl (C=O) groups is 1. The number of rotatable bonds is 7. The number of nitrogens with one attached hydrogen (secondary N) is 1. The molecule has 0 aliphatic carbocycles. The molecule has 8 heteroatoms. The van der Waals surface area contributed by atoms with Crippen LogP contribution in [0.4, 0.5) is 23.2 Å². The summed E-state index contributed by atoms with van der Waals surface area (Å²) in [6.45, 7) is 1.64. The predicted octanol–water partition coefficient (Wildman–Crippen LogP) is 4.65. The first kappa shape index (κ1) is 19.6. The van der Waals surface area contributed by atoms with E-state index in [0.29, 0.717) is 6.42 Å². The van der Waals surface area contributed by atoms with Crippen molar-refractivity contribution >= 4 is 11.6 Å². The van der Waals surface area contributed by atoms with E-state index in [4.69, 9.17) is 9.47 Å². The van der Waals surface area contributed by atoms with E-state index < -0.39 is 30.1 Å². The van der Waals surface area contributed by atoms with E-state index in [0.717, 1.165) is 24.3 Å². The molecule has 1 N–H and O–H groups in total. The molecule has 0 aliphatic rings. The van der Waals surface area contributed by atoms with E-state index in [1.54, 1.807) is 0 Å². The zero-order valence-electron chi connectivity index (χ0n) is 13.9. The zero-order valence-corrected chi connectivity index (χ0v) is 13.9. The van der Waals surface area contributed by atoms with Crippen molar-refractivity contribution in [2.45, 2.75) is 19.5 Å². The van der Waals surface area contributed by atoms with Crippen molar-refractivity contribution in [1.82, 2.24) is 0 Å². The van der Waals surface area contributed by atoms with Crippen LogP contribution in [0.25, 0.3) is 0 Å². The smallest absolute Gasteiger partial charge is 0.416 e. The molecule has 0 saturated carbocycles. The van der Waals surface area contributed by atoms with Crippen LogP contribution in [0.3, 0.4) is 0 Å². The summed E-state index contributed by atoms with van der Waals surface area (Å²) in [5.41, 5.74) is -1.02. The maximum absolute atomic E-state index is 13.1. The SMILES string of the molecule is CCCOc1ccc(C(F)(F)F)cc1NC(=O)COc1cccc(F)c1. The Kier molecular flexibility index (Phi) is 6.43. The number of hydrogen-bond donors (Lipinski definition) is 1. The normalized spacial score (nSPS) is 11.1. The van der Waals surface area contributed by atoms with E-state index in [-0.39, 0.29) is 23.8 Å². The minimum atomic E-state index is -4.55. The number of alkyl halides is 3. The highest BCUT2D eigenvalue weighted by Gasteiger charge is 2.31. The van der Waals surface area contributed by atoms with Gasteiger partial charge in [0.15, 0.2) is 6.61 Å². The number of carbonyl (C=O) groups excluding carboxylic acids is 1. The molecule has 0 bridgehead atoms. The summed E-state index contributed by atoms with van der Waals surface area (Å²) >= 11 is 0. The largest absolute Gasteiger partial charge is 0.491 e. The Morgan fingerprint density at radius 2 is 1.88 bits per heavy atom. The van der Waals surface area contributed by atoms with Crippen LogP contribution in [0.2, 0.25) is 0 Å². The third kappa shape index (κ3) is 5.65. The van der Waals surface area contributed by atoms with Crippen molar-refractivity contribution in [3.8, 4) is 11.5 Å². The minimum absolute atomic E-state index is 0.110. The van der Waals surface area contributed by atoms with Crippen LogP contribution < -0.4 is 14.8 Å². The minimum Gasteiger partial charge on any atom is -0.491 e.